The van der Waals surface area contributed by atoms with Crippen LogP contribution in [0, 0.1) is 0 Å². The summed E-state index contributed by atoms with van der Waals surface area (Å²) in [5.41, 5.74) is -3.83. The van der Waals surface area contributed by atoms with Crippen LogP contribution in [0.5, 0.6) is 11.5 Å². The van der Waals surface area contributed by atoms with Crippen molar-refractivity contribution < 1.29 is 32.9 Å². The summed E-state index contributed by atoms with van der Waals surface area (Å²) in [6.07, 6.45) is -3.99. The number of carboxylic acid groups (broad SMARTS) is 1. The van der Waals surface area contributed by atoms with Crippen LogP contribution in [0.4, 0.5) is 13.2 Å². The molecule has 2 atom stereocenters. The number of aliphatic hydroxyl groups is 1. The van der Waals surface area contributed by atoms with Crippen molar-refractivity contribution in [2.24, 2.45) is 0 Å². The lowest BCUT2D eigenvalue weighted by atomic mass is 9.78. The third kappa shape index (κ3) is 5.04. The molecule has 2 unspecified atom stereocenters. The Hall–Kier alpha value is -2.52. The standard InChI is InChI=1S/C22H15Cl3F3NO4/c1-11(21(32,22(26,27)28)13-6-7-29-19(25)9-13)15-4-3-14(10-16(15)23)33-18-5-2-12(20(30)31)8-17(18)24/h2-11,32H,1H3,(H,30,31). The summed E-state index contributed by atoms with van der Waals surface area (Å²) >= 11 is 18.0. The number of nitrogens with zero attached hydrogens (tertiary/aromatic N) is 1. The molecule has 0 radical (unpaired) electrons. The van der Waals surface area contributed by atoms with Gasteiger partial charge in [-0.2, -0.15) is 13.2 Å². The molecule has 3 aromatic rings. The van der Waals surface area contributed by atoms with Crippen molar-refractivity contribution in [3.8, 4) is 11.5 Å². The summed E-state index contributed by atoms with van der Waals surface area (Å²) in [5.74, 6) is -2.44. The van der Waals surface area contributed by atoms with Crippen molar-refractivity contribution in [3.63, 3.8) is 0 Å². The van der Waals surface area contributed by atoms with Gasteiger partial charge < -0.3 is 14.9 Å². The van der Waals surface area contributed by atoms with Crippen LogP contribution in [-0.4, -0.2) is 27.3 Å². The molecule has 0 bridgehead atoms. The Morgan fingerprint density at radius 3 is 2.27 bits per heavy atom. The number of hydrogen-bond donors (Lipinski definition) is 2. The molecule has 0 fully saturated rings. The Labute approximate surface area is 201 Å². The minimum absolute atomic E-state index is 0.00379. The van der Waals surface area contributed by atoms with E-state index in [2.05, 4.69) is 4.98 Å². The molecular formula is C22H15Cl3F3NO4. The van der Waals surface area contributed by atoms with E-state index in [0.717, 1.165) is 18.3 Å². The highest BCUT2D eigenvalue weighted by atomic mass is 35.5. The third-order valence-corrected chi connectivity index (χ3v) is 5.90. The summed E-state index contributed by atoms with van der Waals surface area (Å²) in [6.45, 7) is 1.19. The van der Waals surface area contributed by atoms with Crippen molar-refractivity contribution in [1.82, 2.24) is 4.98 Å². The average molecular weight is 521 g/mol. The van der Waals surface area contributed by atoms with Crippen molar-refractivity contribution in [2.75, 3.05) is 0 Å². The molecule has 1 heterocycles. The highest BCUT2D eigenvalue weighted by Gasteiger charge is 2.59. The molecule has 0 saturated carbocycles. The smallest absolute Gasteiger partial charge is 0.422 e. The molecule has 33 heavy (non-hydrogen) atoms. The van der Waals surface area contributed by atoms with E-state index >= 15 is 0 Å². The first kappa shape index (κ1) is 25.1. The molecule has 2 aromatic carbocycles. The van der Waals surface area contributed by atoms with E-state index in [1.807, 2.05) is 0 Å². The van der Waals surface area contributed by atoms with Gasteiger partial charge in [0.05, 0.1) is 10.6 Å². The number of rotatable bonds is 6. The Bertz CT molecular complexity index is 1210. The number of carboxylic acids is 1. The molecule has 0 aliphatic rings. The normalized spacial score (nSPS) is 14.4. The Kier molecular flexibility index (Phi) is 7.14. The first-order chi connectivity index (χ1) is 15.3. The number of aromatic carboxylic acids is 1. The Morgan fingerprint density at radius 1 is 1.03 bits per heavy atom. The lowest BCUT2D eigenvalue weighted by molar-refractivity contribution is -0.274. The van der Waals surface area contributed by atoms with Gasteiger partial charge in [0.15, 0.2) is 5.60 Å². The zero-order chi connectivity index (χ0) is 24.6. The number of alkyl halides is 3. The SMILES string of the molecule is CC(c1ccc(Oc2ccc(C(=O)O)cc2Cl)cc1Cl)C(O)(c1ccnc(Cl)c1)C(F)(F)F. The lowest BCUT2D eigenvalue weighted by Crippen LogP contribution is -2.46. The topological polar surface area (TPSA) is 79.7 Å². The van der Waals surface area contributed by atoms with Crippen LogP contribution < -0.4 is 4.74 Å². The molecule has 1 aromatic heterocycles. The van der Waals surface area contributed by atoms with Gasteiger partial charge in [-0.15, -0.1) is 0 Å². The van der Waals surface area contributed by atoms with Gasteiger partial charge in [-0.1, -0.05) is 47.8 Å². The minimum atomic E-state index is -5.06. The van der Waals surface area contributed by atoms with E-state index in [1.165, 1.54) is 43.3 Å². The molecule has 0 saturated heterocycles. The largest absolute Gasteiger partial charge is 0.478 e. The van der Waals surface area contributed by atoms with Crippen LogP contribution in [0.2, 0.25) is 15.2 Å². The molecule has 0 aliphatic heterocycles. The van der Waals surface area contributed by atoms with Crippen molar-refractivity contribution in [3.05, 3.63) is 86.6 Å². The number of halogens is 6. The highest BCUT2D eigenvalue weighted by Crippen LogP contribution is 2.50. The third-order valence-electron chi connectivity index (χ3n) is 5.07. The maximum absolute atomic E-state index is 14.1. The average Bonchev–Trinajstić information content (AvgIpc) is 2.73. The van der Waals surface area contributed by atoms with Gasteiger partial charge in [0.1, 0.15) is 16.7 Å². The predicted molar refractivity (Wildman–Crippen MR) is 118 cm³/mol. The van der Waals surface area contributed by atoms with Gasteiger partial charge in [0.2, 0.25) is 0 Å². The summed E-state index contributed by atoms with van der Waals surface area (Å²) in [7, 11) is 0. The molecular weight excluding hydrogens is 506 g/mol. The molecule has 5 nitrogen and oxygen atoms in total. The van der Waals surface area contributed by atoms with Gasteiger partial charge in [0.25, 0.3) is 0 Å². The lowest BCUT2D eigenvalue weighted by Gasteiger charge is -2.37. The van der Waals surface area contributed by atoms with Crippen LogP contribution in [-0.2, 0) is 5.60 Å². The molecule has 11 heteroatoms. The zero-order valence-corrected chi connectivity index (χ0v) is 19.0. The highest BCUT2D eigenvalue weighted by molar-refractivity contribution is 6.32. The fourth-order valence-corrected chi connectivity index (χ4v) is 4.02. The molecule has 0 aliphatic carbocycles. The van der Waals surface area contributed by atoms with E-state index in [1.54, 1.807) is 0 Å². The zero-order valence-electron chi connectivity index (χ0n) is 16.7. The maximum Gasteiger partial charge on any atom is 0.422 e. The van der Waals surface area contributed by atoms with Crippen LogP contribution in [0.25, 0.3) is 0 Å². The number of hydrogen-bond acceptors (Lipinski definition) is 4. The molecule has 174 valence electrons. The van der Waals surface area contributed by atoms with E-state index in [-0.39, 0.29) is 37.8 Å². The van der Waals surface area contributed by atoms with E-state index < -0.39 is 29.2 Å². The minimum Gasteiger partial charge on any atom is -0.478 e. The predicted octanol–water partition coefficient (Wildman–Crippen LogP) is 7.09. The number of aromatic nitrogens is 1. The van der Waals surface area contributed by atoms with Gasteiger partial charge in [-0.3, -0.25) is 0 Å². The molecule has 3 rings (SSSR count). The quantitative estimate of drug-likeness (QED) is 0.339. The van der Waals surface area contributed by atoms with Crippen molar-refractivity contribution in [1.29, 1.82) is 0 Å². The van der Waals surface area contributed by atoms with Gasteiger partial charge in [0, 0.05) is 17.1 Å². The second-order valence-electron chi connectivity index (χ2n) is 7.09. The molecule has 0 spiro atoms. The van der Waals surface area contributed by atoms with Gasteiger partial charge in [-0.05, 0) is 53.6 Å². The fourth-order valence-electron chi connectivity index (χ4n) is 3.29. The van der Waals surface area contributed by atoms with E-state index in [9.17, 15) is 23.1 Å². The monoisotopic (exact) mass is 519 g/mol. The van der Waals surface area contributed by atoms with Crippen LogP contribution in [0.1, 0.15) is 34.3 Å². The molecule has 2 N–H and O–H groups in total. The second-order valence-corrected chi connectivity index (χ2v) is 8.29. The Balaban J connectivity index is 1.96. The molecule has 0 amide bonds. The van der Waals surface area contributed by atoms with Crippen LogP contribution in [0.15, 0.2) is 54.7 Å². The number of carbonyl (C=O) groups is 1. The first-order valence-electron chi connectivity index (χ1n) is 9.26. The van der Waals surface area contributed by atoms with E-state index in [4.69, 9.17) is 44.6 Å². The summed E-state index contributed by atoms with van der Waals surface area (Å²) in [5, 5.41) is 19.6. The van der Waals surface area contributed by atoms with Crippen molar-refractivity contribution in [2.45, 2.75) is 24.6 Å². The first-order valence-corrected chi connectivity index (χ1v) is 10.4. The second kappa shape index (κ2) is 9.38. The summed E-state index contributed by atoms with van der Waals surface area (Å²) in [6, 6.07) is 9.71. The van der Waals surface area contributed by atoms with Crippen LogP contribution in [0.3, 0.4) is 0 Å². The van der Waals surface area contributed by atoms with Gasteiger partial charge >= 0.3 is 12.1 Å². The Morgan fingerprint density at radius 2 is 1.73 bits per heavy atom. The summed E-state index contributed by atoms with van der Waals surface area (Å²) in [4.78, 5) is 14.7. The summed E-state index contributed by atoms with van der Waals surface area (Å²) < 4.78 is 47.8. The number of ether oxygens (including phenoxy) is 1. The van der Waals surface area contributed by atoms with Gasteiger partial charge in [-0.25, -0.2) is 9.78 Å². The maximum atomic E-state index is 14.1. The fraction of sp³-hybridized carbons (Fsp3) is 0.182. The number of pyridine rings is 1. The van der Waals surface area contributed by atoms with Crippen molar-refractivity contribution >= 4 is 40.8 Å². The number of benzene rings is 2. The van der Waals surface area contributed by atoms with E-state index in [0.29, 0.717) is 0 Å². The van der Waals surface area contributed by atoms with Crippen LogP contribution >= 0.6 is 34.8 Å².